The summed E-state index contributed by atoms with van der Waals surface area (Å²) in [6, 6.07) is 3.72. The highest BCUT2D eigenvalue weighted by atomic mass is 19.4. The van der Waals surface area contributed by atoms with Gasteiger partial charge in [-0.2, -0.15) is 13.2 Å². The van der Waals surface area contributed by atoms with E-state index in [9.17, 15) is 22.8 Å². The molecule has 0 radical (unpaired) electrons. The molecular weight excluding hydrogens is 351 g/mol. The molecule has 140 valence electrons. The van der Waals surface area contributed by atoms with Crippen molar-refractivity contribution in [2.24, 2.45) is 11.8 Å². The molecule has 1 aromatic heterocycles. The number of aliphatic carboxylic acids is 1. The van der Waals surface area contributed by atoms with Crippen LogP contribution in [0.1, 0.15) is 16.7 Å². The highest BCUT2D eigenvalue weighted by Crippen LogP contribution is 2.38. The number of rotatable bonds is 3. The number of aryl methyl sites for hydroxylation is 2. The van der Waals surface area contributed by atoms with E-state index in [-0.39, 0.29) is 6.42 Å². The van der Waals surface area contributed by atoms with Crippen LogP contribution in [0.15, 0.2) is 22.8 Å². The van der Waals surface area contributed by atoms with Gasteiger partial charge in [-0.15, -0.1) is 0 Å². The Kier molecular flexibility index (Phi) is 4.46. The monoisotopic (exact) mass is 369 g/mol. The Bertz CT molecular complexity index is 871. The fourth-order valence-corrected chi connectivity index (χ4v) is 3.34. The van der Waals surface area contributed by atoms with E-state index in [1.54, 1.807) is 0 Å². The molecule has 2 atom stereocenters. The van der Waals surface area contributed by atoms with E-state index in [0.29, 0.717) is 11.1 Å². The van der Waals surface area contributed by atoms with Gasteiger partial charge < -0.3 is 14.4 Å². The number of amides is 1. The normalized spacial score (nSPS) is 20.7. The molecule has 8 heteroatoms. The van der Waals surface area contributed by atoms with E-state index in [4.69, 9.17) is 9.52 Å². The van der Waals surface area contributed by atoms with Gasteiger partial charge in [-0.05, 0) is 37.1 Å². The van der Waals surface area contributed by atoms with Gasteiger partial charge >= 0.3 is 12.1 Å². The zero-order valence-corrected chi connectivity index (χ0v) is 14.3. The van der Waals surface area contributed by atoms with Crippen LogP contribution in [-0.2, 0) is 16.0 Å². The summed E-state index contributed by atoms with van der Waals surface area (Å²) in [7, 11) is 0. The molecule has 1 saturated heterocycles. The summed E-state index contributed by atoms with van der Waals surface area (Å²) < 4.78 is 44.6. The summed E-state index contributed by atoms with van der Waals surface area (Å²) in [4.78, 5) is 24.6. The summed E-state index contributed by atoms with van der Waals surface area (Å²) >= 11 is 0. The van der Waals surface area contributed by atoms with Crippen molar-refractivity contribution in [2.45, 2.75) is 26.4 Å². The number of carbonyl (C=O) groups excluding carboxylic acids is 1. The summed E-state index contributed by atoms with van der Waals surface area (Å²) in [5.74, 6) is -5.76. The first-order valence-corrected chi connectivity index (χ1v) is 8.12. The van der Waals surface area contributed by atoms with Crippen molar-refractivity contribution in [1.82, 2.24) is 4.90 Å². The lowest BCUT2D eigenvalue weighted by molar-refractivity contribution is -0.188. The minimum Gasteiger partial charge on any atom is -0.481 e. The van der Waals surface area contributed by atoms with E-state index < -0.39 is 43.0 Å². The van der Waals surface area contributed by atoms with Crippen molar-refractivity contribution in [3.05, 3.63) is 35.1 Å². The maximum Gasteiger partial charge on any atom is 0.394 e. The van der Waals surface area contributed by atoms with Crippen LogP contribution < -0.4 is 0 Å². The van der Waals surface area contributed by atoms with E-state index in [1.165, 1.54) is 6.26 Å². The summed E-state index contributed by atoms with van der Waals surface area (Å²) in [5, 5.41) is 9.79. The lowest BCUT2D eigenvalue weighted by atomic mass is 9.96. The molecular formula is C18H18F3NO4. The standard InChI is InChI=1S/C18H18F3NO4/c1-9-3-12-11(8-26-15(12)4-10(9)2)5-16(23)22-6-13(17(24)25)14(7-22)18(19,20)21/h3-4,8,13-14H,5-7H2,1-2H3,(H,24,25)/t13-,14-/m1/s1. The molecule has 0 spiro atoms. The van der Waals surface area contributed by atoms with Gasteiger partial charge in [0.15, 0.2) is 0 Å². The van der Waals surface area contributed by atoms with Crippen LogP contribution in [0, 0.1) is 25.7 Å². The van der Waals surface area contributed by atoms with Crippen molar-refractivity contribution in [2.75, 3.05) is 13.1 Å². The second-order valence-corrected chi connectivity index (χ2v) is 6.76. The first-order valence-electron chi connectivity index (χ1n) is 8.12. The number of nitrogens with zero attached hydrogens (tertiary/aromatic N) is 1. The average Bonchev–Trinajstić information content (AvgIpc) is 3.13. The van der Waals surface area contributed by atoms with Crippen LogP contribution in [0.5, 0.6) is 0 Å². The van der Waals surface area contributed by atoms with Crippen molar-refractivity contribution in [3.8, 4) is 0 Å². The third-order valence-corrected chi connectivity index (χ3v) is 5.02. The molecule has 1 amide bonds. The van der Waals surface area contributed by atoms with Gasteiger partial charge in [0.05, 0.1) is 24.5 Å². The molecule has 0 aliphatic carbocycles. The molecule has 2 aromatic rings. The number of alkyl halides is 3. The number of benzene rings is 1. The van der Waals surface area contributed by atoms with Gasteiger partial charge in [0, 0.05) is 24.0 Å². The number of carboxylic acid groups (broad SMARTS) is 1. The van der Waals surface area contributed by atoms with Crippen molar-refractivity contribution in [1.29, 1.82) is 0 Å². The quantitative estimate of drug-likeness (QED) is 0.901. The highest BCUT2D eigenvalue weighted by Gasteiger charge is 2.53. The van der Waals surface area contributed by atoms with Crippen LogP contribution in [-0.4, -0.2) is 41.1 Å². The van der Waals surface area contributed by atoms with Crippen LogP contribution >= 0.6 is 0 Å². The van der Waals surface area contributed by atoms with Crippen LogP contribution in [0.2, 0.25) is 0 Å². The van der Waals surface area contributed by atoms with Gasteiger partial charge in [0.1, 0.15) is 5.58 Å². The van der Waals surface area contributed by atoms with Gasteiger partial charge in [-0.3, -0.25) is 9.59 Å². The van der Waals surface area contributed by atoms with Crippen LogP contribution in [0.4, 0.5) is 13.2 Å². The van der Waals surface area contributed by atoms with Crippen molar-refractivity contribution in [3.63, 3.8) is 0 Å². The average molecular weight is 369 g/mol. The number of likely N-dealkylation sites (tertiary alicyclic amines) is 1. The summed E-state index contributed by atoms with van der Waals surface area (Å²) in [5.41, 5.74) is 3.22. The maximum atomic E-state index is 13.1. The first-order chi connectivity index (χ1) is 12.1. The Morgan fingerprint density at radius 1 is 1.23 bits per heavy atom. The molecule has 1 aromatic carbocycles. The molecule has 0 bridgehead atoms. The molecule has 2 heterocycles. The second-order valence-electron chi connectivity index (χ2n) is 6.76. The predicted molar refractivity (Wildman–Crippen MR) is 86.6 cm³/mol. The number of furan rings is 1. The summed E-state index contributed by atoms with van der Waals surface area (Å²) in [6.07, 6.45) is -3.37. The Labute approximate surface area is 147 Å². The largest absolute Gasteiger partial charge is 0.481 e. The molecule has 1 aliphatic rings. The number of carbonyl (C=O) groups is 2. The van der Waals surface area contributed by atoms with Gasteiger partial charge in [0.2, 0.25) is 5.91 Å². The number of hydrogen-bond acceptors (Lipinski definition) is 3. The number of hydrogen-bond donors (Lipinski definition) is 1. The zero-order valence-electron chi connectivity index (χ0n) is 14.3. The Morgan fingerprint density at radius 2 is 1.88 bits per heavy atom. The molecule has 3 rings (SSSR count). The van der Waals surface area contributed by atoms with E-state index in [1.807, 2.05) is 26.0 Å². The minimum absolute atomic E-state index is 0.133. The molecule has 26 heavy (non-hydrogen) atoms. The lowest BCUT2D eigenvalue weighted by Crippen LogP contribution is -2.34. The van der Waals surface area contributed by atoms with Crippen LogP contribution in [0.3, 0.4) is 0 Å². The van der Waals surface area contributed by atoms with Crippen LogP contribution in [0.25, 0.3) is 11.0 Å². The number of fused-ring (bicyclic) bond motifs is 1. The molecule has 1 aliphatic heterocycles. The second kappa shape index (κ2) is 6.34. The minimum atomic E-state index is -4.66. The molecule has 5 nitrogen and oxygen atoms in total. The smallest absolute Gasteiger partial charge is 0.394 e. The van der Waals surface area contributed by atoms with E-state index in [0.717, 1.165) is 21.4 Å². The van der Waals surface area contributed by atoms with Gasteiger partial charge in [-0.25, -0.2) is 0 Å². The zero-order chi connectivity index (χ0) is 19.2. The molecule has 1 fully saturated rings. The number of halogens is 3. The Hall–Kier alpha value is -2.51. The fourth-order valence-electron chi connectivity index (χ4n) is 3.34. The highest BCUT2D eigenvalue weighted by molar-refractivity contribution is 5.89. The SMILES string of the molecule is Cc1cc2occ(CC(=O)N3C[C@@H](C(F)(F)F)[C@H](C(=O)O)C3)c2cc1C. The number of carboxylic acids is 1. The Balaban J connectivity index is 1.81. The Morgan fingerprint density at radius 3 is 2.46 bits per heavy atom. The topological polar surface area (TPSA) is 70.8 Å². The first kappa shape index (κ1) is 18.3. The molecule has 0 saturated carbocycles. The van der Waals surface area contributed by atoms with E-state index >= 15 is 0 Å². The van der Waals surface area contributed by atoms with E-state index in [2.05, 4.69) is 0 Å². The van der Waals surface area contributed by atoms with Crippen molar-refractivity contribution >= 4 is 22.8 Å². The lowest BCUT2D eigenvalue weighted by Gasteiger charge is -2.18. The van der Waals surface area contributed by atoms with Crippen molar-refractivity contribution < 1.29 is 32.3 Å². The predicted octanol–water partition coefficient (Wildman–Crippen LogP) is 3.31. The summed E-state index contributed by atoms with van der Waals surface area (Å²) in [6.45, 7) is 2.77. The third-order valence-electron chi connectivity index (χ3n) is 5.02. The van der Waals surface area contributed by atoms with Gasteiger partial charge in [-0.1, -0.05) is 0 Å². The maximum absolute atomic E-state index is 13.1. The fraction of sp³-hybridized carbons (Fsp3) is 0.444. The molecule has 0 unspecified atom stereocenters. The third kappa shape index (κ3) is 3.27. The molecule has 1 N–H and O–H groups in total. The van der Waals surface area contributed by atoms with Gasteiger partial charge in [0.25, 0.3) is 0 Å².